The third kappa shape index (κ3) is 2.51. The number of aromatic carboxylic acids is 1. The first kappa shape index (κ1) is 12.2. The fraction of sp³-hybridized carbons (Fsp3) is 0.133. The summed E-state index contributed by atoms with van der Waals surface area (Å²) in [5.74, 6) is -0.901. The number of benzene rings is 2. The lowest BCUT2D eigenvalue weighted by atomic mass is 10.0. The van der Waals surface area contributed by atoms with E-state index in [1.54, 1.807) is 12.1 Å². The van der Waals surface area contributed by atoms with Gasteiger partial charge in [0, 0.05) is 17.8 Å². The van der Waals surface area contributed by atoms with E-state index in [-0.39, 0.29) is 0 Å². The molecule has 18 heavy (non-hydrogen) atoms. The number of hydrogen-bond acceptors (Lipinski definition) is 2. The normalized spacial score (nSPS) is 10.1. The minimum Gasteiger partial charge on any atom is -0.478 e. The van der Waals surface area contributed by atoms with Crippen LogP contribution in [0.25, 0.3) is 11.1 Å². The lowest BCUT2D eigenvalue weighted by Gasteiger charge is -2.10. The number of carboxylic acids is 1. The van der Waals surface area contributed by atoms with E-state index in [1.165, 1.54) is 0 Å². The molecule has 3 nitrogen and oxygen atoms in total. The van der Waals surface area contributed by atoms with Gasteiger partial charge < -0.3 is 10.4 Å². The molecule has 0 spiro atoms. The van der Waals surface area contributed by atoms with Crippen LogP contribution in [0.3, 0.4) is 0 Å². The zero-order chi connectivity index (χ0) is 13.0. The topological polar surface area (TPSA) is 49.3 Å². The quantitative estimate of drug-likeness (QED) is 0.861. The number of para-hydroxylation sites is 1. The maximum atomic E-state index is 10.8. The molecular formula is C15H15NO2. The van der Waals surface area contributed by atoms with Crippen molar-refractivity contribution in [3.05, 3.63) is 54.1 Å². The van der Waals surface area contributed by atoms with Gasteiger partial charge in [-0.2, -0.15) is 0 Å². The third-order valence-corrected chi connectivity index (χ3v) is 2.74. The second-order valence-corrected chi connectivity index (χ2v) is 3.96. The molecule has 3 heteroatoms. The van der Waals surface area contributed by atoms with Crippen molar-refractivity contribution in [1.82, 2.24) is 0 Å². The van der Waals surface area contributed by atoms with E-state index in [1.807, 2.05) is 43.3 Å². The van der Waals surface area contributed by atoms with Gasteiger partial charge in [0.05, 0.1) is 5.56 Å². The van der Waals surface area contributed by atoms with E-state index in [0.717, 1.165) is 23.4 Å². The minimum atomic E-state index is -0.901. The summed E-state index contributed by atoms with van der Waals surface area (Å²) < 4.78 is 0. The van der Waals surface area contributed by atoms with Crippen LogP contribution in [0.2, 0.25) is 0 Å². The summed E-state index contributed by atoms with van der Waals surface area (Å²) in [4.78, 5) is 10.8. The standard InChI is InChI=1S/C15H15NO2/c1-2-16-14-6-4-3-5-13(14)11-7-9-12(10-8-11)15(17)18/h3-10,16H,2H2,1H3,(H,17,18). The van der Waals surface area contributed by atoms with Crippen LogP contribution in [0.4, 0.5) is 5.69 Å². The Morgan fingerprint density at radius 2 is 1.78 bits per heavy atom. The molecule has 0 radical (unpaired) electrons. The van der Waals surface area contributed by atoms with E-state index in [2.05, 4.69) is 5.32 Å². The zero-order valence-electron chi connectivity index (χ0n) is 10.2. The van der Waals surface area contributed by atoms with Gasteiger partial charge in [-0.3, -0.25) is 0 Å². The summed E-state index contributed by atoms with van der Waals surface area (Å²) in [6.07, 6.45) is 0. The van der Waals surface area contributed by atoms with Gasteiger partial charge in [-0.15, -0.1) is 0 Å². The second kappa shape index (κ2) is 5.36. The molecule has 92 valence electrons. The summed E-state index contributed by atoms with van der Waals surface area (Å²) in [7, 11) is 0. The molecule has 0 aliphatic heterocycles. The molecule has 0 heterocycles. The van der Waals surface area contributed by atoms with Crippen molar-refractivity contribution in [3.8, 4) is 11.1 Å². The van der Waals surface area contributed by atoms with Crippen molar-refractivity contribution in [2.75, 3.05) is 11.9 Å². The molecule has 0 saturated heterocycles. The summed E-state index contributed by atoms with van der Waals surface area (Å²) in [5.41, 5.74) is 3.45. The number of carboxylic acid groups (broad SMARTS) is 1. The first-order valence-corrected chi connectivity index (χ1v) is 5.89. The molecule has 2 aromatic carbocycles. The highest BCUT2D eigenvalue weighted by Crippen LogP contribution is 2.27. The first-order chi connectivity index (χ1) is 8.72. The predicted molar refractivity (Wildman–Crippen MR) is 73.0 cm³/mol. The Kier molecular flexibility index (Phi) is 3.63. The zero-order valence-corrected chi connectivity index (χ0v) is 10.2. The van der Waals surface area contributed by atoms with Crippen molar-refractivity contribution in [2.24, 2.45) is 0 Å². The van der Waals surface area contributed by atoms with Gasteiger partial charge in [-0.1, -0.05) is 30.3 Å². The summed E-state index contributed by atoms with van der Waals surface area (Å²) >= 11 is 0. The Hall–Kier alpha value is -2.29. The average molecular weight is 241 g/mol. The smallest absolute Gasteiger partial charge is 0.335 e. The van der Waals surface area contributed by atoms with Crippen LogP contribution in [-0.2, 0) is 0 Å². The maximum Gasteiger partial charge on any atom is 0.335 e. The van der Waals surface area contributed by atoms with Crippen LogP contribution in [0, 0.1) is 0 Å². The molecule has 2 aromatic rings. The van der Waals surface area contributed by atoms with E-state index in [4.69, 9.17) is 5.11 Å². The fourth-order valence-electron chi connectivity index (χ4n) is 1.87. The van der Waals surface area contributed by atoms with Crippen LogP contribution in [-0.4, -0.2) is 17.6 Å². The molecule has 2 N–H and O–H groups in total. The van der Waals surface area contributed by atoms with Gasteiger partial charge in [0.15, 0.2) is 0 Å². The van der Waals surface area contributed by atoms with E-state index >= 15 is 0 Å². The van der Waals surface area contributed by atoms with Gasteiger partial charge in [0.25, 0.3) is 0 Å². The molecule has 0 atom stereocenters. The van der Waals surface area contributed by atoms with Gasteiger partial charge in [0.2, 0.25) is 0 Å². The fourth-order valence-corrected chi connectivity index (χ4v) is 1.87. The van der Waals surface area contributed by atoms with E-state index < -0.39 is 5.97 Å². The molecule has 0 fully saturated rings. The highest BCUT2D eigenvalue weighted by atomic mass is 16.4. The summed E-state index contributed by atoms with van der Waals surface area (Å²) in [5, 5.41) is 12.2. The molecule has 0 bridgehead atoms. The molecule has 2 rings (SSSR count). The number of carbonyl (C=O) groups is 1. The monoisotopic (exact) mass is 241 g/mol. The largest absolute Gasteiger partial charge is 0.478 e. The molecule has 0 unspecified atom stereocenters. The number of nitrogens with one attached hydrogen (secondary N) is 1. The first-order valence-electron chi connectivity index (χ1n) is 5.89. The molecule has 0 aliphatic rings. The second-order valence-electron chi connectivity index (χ2n) is 3.96. The van der Waals surface area contributed by atoms with Crippen molar-refractivity contribution >= 4 is 11.7 Å². The average Bonchev–Trinajstić information content (AvgIpc) is 2.40. The molecular weight excluding hydrogens is 226 g/mol. The van der Waals surface area contributed by atoms with E-state index in [9.17, 15) is 4.79 Å². The van der Waals surface area contributed by atoms with Gasteiger partial charge in [-0.05, 0) is 30.7 Å². The van der Waals surface area contributed by atoms with Crippen LogP contribution in [0.15, 0.2) is 48.5 Å². The van der Waals surface area contributed by atoms with Gasteiger partial charge in [-0.25, -0.2) is 4.79 Å². The van der Waals surface area contributed by atoms with Crippen LogP contribution in [0.5, 0.6) is 0 Å². The van der Waals surface area contributed by atoms with Crippen molar-refractivity contribution in [3.63, 3.8) is 0 Å². The highest BCUT2D eigenvalue weighted by molar-refractivity contribution is 5.89. The highest BCUT2D eigenvalue weighted by Gasteiger charge is 2.06. The SMILES string of the molecule is CCNc1ccccc1-c1ccc(C(=O)O)cc1. The van der Waals surface area contributed by atoms with Gasteiger partial charge >= 0.3 is 5.97 Å². The summed E-state index contributed by atoms with van der Waals surface area (Å²) in [6, 6.07) is 14.9. The van der Waals surface area contributed by atoms with Crippen molar-refractivity contribution < 1.29 is 9.90 Å². The Morgan fingerprint density at radius 3 is 2.39 bits per heavy atom. The van der Waals surface area contributed by atoms with Crippen molar-refractivity contribution in [2.45, 2.75) is 6.92 Å². The lowest BCUT2D eigenvalue weighted by molar-refractivity contribution is 0.0697. The Balaban J connectivity index is 2.39. The van der Waals surface area contributed by atoms with Crippen LogP contribution < -0.4 is 5.32 Å². The Labute approximate surface area is 106 Å². The molecule has 0 aliphatic carbocycles. The third-order valence-electron chi connectivity index (χ3n) is 2.74. The number of anilines is 1. The van der Waals surface area contributed by atoms with Crippen LogP contribution in [0.1, 0.15) is 17.3 Å². The molecule has 0 amide bonds. The summed E-state index contributed by atoms with van der Waals surface area (Å²) in [6.45, 7) is 2.90. The van der Waals surface area contributed by atoms with Gasteiger partial charge in [0.1, 0.15) is 0 Å². The predicted octanol–water partition coefficient (Wildman–Crippen LogP) is 3.48. The van der Waals surface area contributed by atoms with Crippen LogP contribution >= 0.6 is 0 Å². The number of rotatable bonds is 4. The lowest BCUT2D eigenvalue weighted by Crippen LogP contribution is -1.99. The maximum absolute atomic E-state index is 10.8. The number of hydrogen-bond donors (Lipinski definition) is 2. The minimum absolute atomic E-state index is 0.305. The molecule has 0 saturated carbocycles. The Morgan fingerprint density at radius 1 is 1.11 bits per heavy atom. The van der Waals surface area contributed by atoms with E-state index in [0.29, 0.717) is 5.56 Å². The Bertz CT molecular complexity index is 547. The molecule has 0 aromatic heterocycles. The van der Waals surface area contributed by atoms with Crippen molar-refractivity contribution in [1.29, 1.82) is 0 Å².